The first-order valence-corrected chi connectivity index (χ1v) is 3.58. The first-order chi connectivity index (χ1) is 4.33. The zero-order valence-electron chi connectivity index (χ0n) is 5.89. The Kier molecular flexibility index (Phi) is 2.09. The van der Waals surface area contributed by atoms with Gasteiger partial charge in [0.1, 0.15) is 0 Å². The molecule has 1 saturated carbocycles. The molecule has 0 heterocycles. The summed E-state index contributed by atoms with van der Waals surface area (Å²) in [6.45, 7) is 2.79. The predicted octanol–water partition coefficient (Wildman–Crippen LogP) is 0.938. The van der Waals surface area contributed by atoms with Crippen LogP contribution < -0.4 is 0 Å². The molecule has 0 amide bonds. The van der Waals surface area contributed by atoms with Crippen LogP contribution in [0, 0.1) is 0 Å². The summed E-state index contributed by atoms with van der Waals surface area (Å²) in [6, 6.07) is 0. The largest absolute Gasteiger partial charge is 0.394 e. The molecule has 2 heteroatoms. The van der Waals surface area contributed by atoms with Crippen LogP contribution in [0.4, 0.5) is 0 Å². The molecule has 9 heavy (non-hydrogen) atoms. The molecular formula is C7H14O2. The Morgan fingerprint density at radius 2 is 2.22 bits per heavy atom. The van der Waals surface area contributed by atoms with Crippen LogP contribution in [0.1, 0.15) is 26.2 Å². The highest BCUT2D eigenvalue weighted by atomic mass is 16.5. The van der Waals surface area contributed by atoms with Gasteiger partial charge in [-0.3, -0.25) is 0 Å². The molecule has 0 aromatic rings. The fourth-order valence-electron chi connectivity index (χ4n) is 1.00. The van der Waals surface area contributed by atoms with E-state index in [0.29, 0.717) is 6.61 Å². The Balaban J connectivity index is 2.10. The molecule has 2 nitrogen and oxygen atoms in total. The van der Waals surface area contributed by atoms with Crippen LogP contribution in [0.3, 0.4) is 0 Å². The first kappa shape index (κ1) is 7.03. The molecule has 1 N–H and O–H groups in total. The van der Waals surface area contributed by atoms with Crippen LogP contribution in [0.15, 0.2) is 0 Å². The Hall–Kier alpha value is -0.0800. The van der Waals surface area contributed by atoms with E-state index in [1.807, 2.05) is 0 Å². The molecule has 1 aliphatic rings. The van der Waals surface area contributed by atoms with E-state index >= 15 is 0 Å². The molecule has 0 aliphatic heterocycles. The van der Waals surface area contributed by atoms with Gasteiger partial charge in [0.15, 0.2) is 0 Å². The van der Waals surface area contributed by atoms with Gasteiger partial charge in [0.25, 0.3) is 0 Å². The van der Waals surface area contributed by atoms with Gasteiger partial charge in [-0.05, 0) is 19.3 Å². The Morgan fingerprint density at radius 3 is 2.56 bits per heavy atom. The molecule has 1 aliphatic carbocycles. The van der Waals surface area contributed by atoms with Gasteiger partial charge in [0, 0.05) is 0 Å². The van der Waals surface area contributed by atoms with E-state index in [4.69, 9.17) is 9.84 Å². The molecule has 0 atom stereocenters. The van der Waals surface area contributed by atoms with E-state index in [0.717, 1.165) is 6.42 Å². The van der Waals surface area contributed by atoms with Gasteiger partial charge < -0.3 is 9.84 Å². The van der Waals surface area contributed by atoms with Gasteiger partial charge in [-0.2, -0.15) is 0 Å². The number of aliphatic hydroxyl groups is 1. The molecule has 1 fully saturated rings. The smallest absolute Gasteiger partial charge is 0.0705 e. The minimum Gasteiger partial charge on any atom is -0.394 e. The lowest BCUT2D eigenvalue weighted by Gasteiger charge is -2.11. The number of ether oxygens (including phenoxy) is 1. The quantitative estimate of drug-likeness (QED) is 0.613. The van der Waals surface area contributed by atoms with Crippen LogP contribution >= 0.6 is 0 Å². The lowest BCUT2D eigenvalue weighted by molar-refractivity contribution is 0.00888. The number of hydrogen-bond donors (Lipinski definition) is 1. The van der Waals surface area contributed by atoms with Crippen molar-refractivity contribution in [1.82, 2.24) is 0 Å². The molecule has 0 aromatic carbocycles. The number of hydrogen-bond acceptors (Lipinski definition) is 2. The van der Waals surface area contributed by atoms with Crippen molar-refractivity contribution in [3.63, 3.8) is 0 Å². The molecule has 0 bridgehead atoms. The molecule has 0 unspecified atom stereocenters. The summed E-state index contributed by atoms with van der Waals surface area (Å²) in [4.78, 5) is 0. The summed E-state index contributed by atoms with van der Waals surface area (Å²) in [5.41, 5.74) is 0.183. The van der Waals surface area contributed by atoms with E-state index in [1.165, 1.54) is 12.8 Å². The Morgan fingerprint density at radius 1 is 1.56 bits per heavy atom. The van der Waals surface area contributed by atoms with Gasteiger partial charge >= 0.3 is 0 Å². The van der Waals surface area contributed by atoms with Crippen LogP contribution in [0.5, 0.6) is 0 Å². The van der Waals surface area contributed by atoms with E-state index in [1.54, 1.807) is 0 Å². The van der Waals surface area contributed by atoms with Crippen molar-refractivity contribution in [2.24, 2.45) is 0 Å². The number of aliphatic hydroxyl groups excluding tert-OH is 1. The van der Waals surface area contributed by atoms with E-state index in [-0.39, 0.29) is 12.2 Å². The molecule has 1 rings (SSSR count). The minimum absolute atomic E-state index is 0.155. The second-order valence-electron chi connectivity index (χ2n) is 2.61. The maximum atomic E-state index is 8.43. The summed E-state index contributed by atoms with van der Waals surface area (Å²) in [5, 5.41) is 8.43. The SMILES string of the molecule is CCC1(OCCO)CC1. The lowest BCUT2D eigenvalue weighted by atomic mass is 10.2. The van der Waals surface area contributed by atoms with Crippen LogP contribution in [-0.4, -0.2) is 23.9 Å². The van der Waals surface area contributed by atoms with Gasteiger partial charge in [0.2, 0.25) is 0 Å². The summed E-state index contributed by atoms with van der Waals surface area (Å²) < 4.78 is 5.39. The highest BCUT2D eigenvalue weighted by molar-refractivity contribution is 4.94. The highest BCUT2D eigenvalue weighted by Gasteiger charge is 2.41. The third kappa shape index (κ3) is 1.66. The lowest BCUT2D eigenvalue weighted by Crippen LogP contribution is -2.14. The molecule has 0 saturated heterocycles. The van der Waals surface area contributed by atoms with Crippen molar-refractivity contribution in [3.05, 3.63) is 0 Å². The second kappa shape index (κ2) is 2.67. The van der Waals surface area contributed by atoms with Crippen molar-refractivity contribution in [2.75, 3.05) is 13.2 Å². The average Bonchev–Trinajstić information content (AvgIpc) is 2.65. The van der Waals surface area contributed by atoms with Crippen LogP contribution in [-0.2, 0) is 4.74 Å². The minimum atomic E-state index is 0.155. The summed E-state index contributed by atoms with van der Waals surface area (Å²) in [6.07, 6.45) is 3.46. The summed E-state index contributed by atoms with van der Waals surface area (Å²) in [7, 11) is 0. The van der Waals surface area contributed by atoms with Crippen molar-refractivity contribution in [3.8, 4) is 0 Å². The Labute approximate surface area is 55.8 Å². The molecule has 0 spiro atoms. The average molecular weight is 130 g/mol. The summed E-state index contributed by atoms with van der Waals surface area (Å²) >= 11 is 0. The van der Waals surface area contributed by atoms with Crippen molar-refractivity contribution < 1.29 is 9.84 Å². The van der Waals surface area contributed by atoms with Gasteiger partial charge in [-0.25, -0.2) is 0 Å². The van der Waals surface area contributed by atoms with E-state index in [2.05, 4.69) is 6.92 Å². The van der Waals surface area contributed by atoms with Gasteiger partial charge in [0.05, 0.1) is 18.8 Å². The topological polar surface area (TPSA) is 29.5 Å². The molecule has 54 valence electrons. The molecule has 0 radical (unpaired) electrons. The second-order valence-corrected chi connectivity index (χ2v) is 2.61. The van der Waals surface area contributed by atoms with Crippen molar-refractivity contribution in [2.45, 2.75) is 31.8 Å². The van der Waals surface area contributed by atoms with E-state index < -0.39 is 0 Å². The standard InChI is InChI=1S/C7H14O2/c1-2-7(3-4-7)9-6-5-8/h8H,2-6H2,1H3. The van der Waals surface area contributed by atoms with Gasteiger partial charge in [-0.15, -0.1) is 0 Å². The molecular weight excluding hydrogens is 116 g/mol. The molecule has 0 aromatic heterocycles. The van der Waals surface area contributed by atoms with Gasteiger partial charge in [-0.1, -0.05) is 6.92 Å². The highest BCUT2D eigenvalue weighted by Crippen LogP contribution is 2.42. The summed E-state index contributed by atoms with van der Waals surface area (Å²) in [5.74, 6) is 0. The van der Waals surface area contributed by atoms with Crippen molar-refractivity contribution in [1.29, 1.82) is 0 Å². The maximum Gasteiger partial charge on any atom is 0.0705 e. The van der Waals surface area contributed by atoms with Crippen molar-refractivity contribution >= 4 is 0 Å². The zero-order valence-corrected chi connectivity index (χ0v) is 5.89. The third-order valence-electron chi connectivity index (χ3n) is 1.95. The third-order valence-corrected chi connectivity index (χ3v) is 1.95. The predicted molar refractivity (Wildman–Crippen MR) is 35.3 cm³/mol. The zero-order chi connectivity index (χ0) is 6.74. The Bertz CT molecular complexity index is 86.9. The first-order valence-electron chi connectivity index (χ1n) is 3.58. The fourth-order valence-corrected chi connectivity index (χ4v) is 1.00. The maximum absolute atomic E-state index is 8.43. The fraction of sp³-hybridized carbons (Fsp3) is 1.00. The van der Waals surface area contributed by atoms with Crippen LogP contribution in [0.25, 0.3) is 0 Å². The monoisotopic (exact) mass is 130 g/mol. The van der Waals surface area contributed by atoms with Crippen LogP contribution in [0.2, 0.25) is 0 Å². The normalized spacial score (nSPS) is 22.0. The number of rotatable bonds is 4. The van der Waals surface area contributed by atoms with E-state index in [9.17, 15) is 0 Å².